The topological polar surface area (TPSA) is 350 Å². The molecular formula is C38H40O19. The highest BCUT2D eigenvalue weighted by molar-refractivity contribution is 5.99. The molecule has 0 radical (unpaired) electrons. The summed E-state index contributed by atoms with van der Waals surface area (Å²) in [6, 6.07) is 21.9. The number of aliphatic carboxylic acids is 4. The van der Waals surface area contributed by atoms with E-state index in [0.717, 1.165) is 18.1 Å². The molecule has 0 aliphatic heterocycles. The molecule has 19 heteroatoms. The molecule has 8 N–H and O–H groups in total. The van der Waals surface area contributed by atoms with Crippen molar-refractivity contribution in [3.8, 4) is 0 Å². The molecule has 0 bridgehead atoms. The first-order valence-corrected chi connectivity index (χ1v) is 15.6. The fourth-order valence-electron chi connectivity index (χ4n) is 3.47. The van der Waals surface area contributed by atoms with Crippen LogP contribution in [0.15, 0.2) is 90.5 Å². The normalized spacial score (nSPS) is 10.4. The molecule has 3 aromatic rings. The van der Waals surface area contributed by atoms with Gasteiger partial charge in [-0.2, -0.15) is 9.59 Å². The van der Waals surface area contributed by atoms with Gasteiger partial charge in [0.15, 0.2) is 5.78 Å². The molecule has 19 nitrogen and oxygen atoms in total. The van der Waals surface area contributed by atoms with Crippen LogP contribution in [0, 0.1) is 19.8 Å². The van der Waals surface area contributed by atoms with Crippen molar-refractivity contribution < 1.29 is 93.6 Å². The van der Waals surface area contributed by atoms with Gasteiger partial charge < -0.3 is 40.9 Å². The Labute approximate surface area is 323 Å². The number of aryl methyl sites for hydroxylation is 2. The van der Waals surface area contributed by atoms with E-state index in [1.165, 1.54) is 6.92 Å². The second-order valence-electron chi connectivity index (χ2n) is 10.9. The zero-order valence-corrected chi connectivity index (χ0v) is 30.7. The number of Topliss-reactive ketones (excluding diaryl/α,β-unsaturated/α-hetero) is 2. The lowest BCUT2D eigenvalue weighted by atomic mass is 9.96. The van der Waals surface area contributed by atoms with Gasteiger partial charge in [0.2, 0.25) is 0 Å². The fourth-order valence-corrected chi connectivity index (χ4v) is 3.47. The minimum absolute atomic E-state index is 0.250. The Bertz CT molecular complexity index is 1890. The Morgan fingerprint density at radius 1 is 0.614 bits per heavy atom. The number of aliphatic hydroxyl groups excluding tert-OH is 1. The lowest BCUT2D eigenvalue weighted by molar-refractivity contribution is -0.192. The number of ketones is 2. The number of aliphatic hydroxyl groups is 1. The number of carbonyl (C=O) groups excluding carboxylic acids is 4. The van der Waals surface area contributed by atoms with Crippen molar-refractivity contribution in [2.75, 3.05) is 0 Å². The maximum Gasteiger partial charge on any atom is 0.373 e. The van der Waals surface area contributed by atoms with Crippen LogP contribution in [0.25, 0.3) is 0 Å². The molecular weight excluding hydrogens is 760 g/mol. The predicted molar refractivity (Wildman–Crippen MR) is 193 cm³/mol. The van der Waals surface area contributed by atoms with E-state index in [0.29, 0.717) is 22.8 Å². The van der Waals surface area contributed by atoms with E-state index in [-0.39, 0.29) is 18.4 Å². The first kappa shape index (κ1) is 53.7. The number of carboxylic acid groups (broad SMARTS) is 7. The predicted octanol–water partition coefficient (Wildman–Crippen LogP) is 3.36. The molecule has 0 saturated heterocycles. The molecule has 2 unspecified atom stereocenters. The number of benzene rings is 3. The van der Waals surface area contributed by atoms with E-state index < -0.39 is 71.6 Å². The summed E-state index contributed by atoms with van der Waals surface area (Å²) in [6.45, 7) is 5.99. The third-order valence-electron chi connectivity index (χ3n) is 6.11. The van der Waals surface area contributed by atoms with Gasteiger partial charge in [-0.05, 0) is 64.1 Å². The Morgan fingerprint density at radius 2 is 1.05 bits per heavy atom. The van der Waals surface area contributed by atoms with E-state index in [2.05, 4.69) is 0 Å². The summed E-state index contributed by atoms with van der Waals surface area (Å²) in [4.78, 5) is 109. The molecule has 0 aliphatic rings. The first-order valence-electron chi connectivity index (χ1n) is 15.6. The van der Waals surface area contributed by atoms with Crippen molar-refractivity contribution in [2.24, 2.45) is 5.92 Å². The number of carboxylic acids is 7. The van der Waals surface area contributed by atoms with Gasteiger partial charge >= 0.3 is 47.9 Å². The molecule has 57 heavy (non-hydrogen) atoms. The van der Waals surface area contributed by atoms with Crippen LogP contribution in [-0.4, -0.2) is 106 Å². The molecule has 2 atom stereocenters. The summed E-state index contributed by atoms with van der Waals surface area (Å²) in [5.74, 6) is -11.0. The lowest BCUT2D eigenvalue weighted by Crippen LogP contribution is -2.35. The minimum Gasteiger partial charge on any atom is -0.481 e. The number of hydrogen-bond acceptors (Lipinski definition) is 12. The van der Waals surface area contributed by atoms with Crippen LogP contribution >= 0.6 is 0 Å². The second-order valence-corrected chi connectivity index (χ2v) is 10.9. The Hall–Kier alpha value is -7.63. The van der Waals surface area contributed by atoms with Crippen LogP contribution in [0.2, 0.25) is 0 Å². The maximum atomic E-state index is 10.6. The monoisotopic (exact) mass is 800 g/mol. The molecule has 0 aromatic heterocycles. The van der Waals surface area contributed by atoms with Gasteiger partial charge in [-0.15, -0.1) is 0 Å². The summed E-state index contributed by atoms with van der Waals surface area (Å²) in [5.41, 5.74) is 2.66. The molecule has 0 amide bonds. The zero-order valence-electron chi connectivity index (χ0n) is 30.7. The third-order valence-corrected chi connectivity index (χ3v) is 6.11. The SMILES string of the molecule is CC(=O)C(O)C(CC(=O)O)C(=O)O.CC(=O)C/C(=C/C(=O)O)C(=O)O.Cc1ccc(C(=O)O)cc1.Cc1cccc(C(=O)O)c1.O=C(O)c1ccccc1.O=C=O. The van der Waals surface area contributed by atoms with Crippen LogP contribution in [0.5, 0.6) is 0 Å². The van der Waals surface area contributed by atoms with Crippen molar-refractivity contribution in [1.82, 2.24) is 0 Å². The van der Waals surface area contributed by atoms with E-state index in [1.54, 1.807) is 72.8 Å². The third kappa shape index (κ3) is 28.5. The van der Waals surface area contributed by atoms with Gasteiger partial charge in [0.25, 0.3) is 0 Å². The molecule has 3 rings (SSSR count). The highest BCUT2D eigenvalue weighted by Gasteiger charge is 2.31. The Balaban J connectivity index is -0.000000630. The first-order chi connectivity index (χ1) is 26.4. The van der Waals surface area contributed by atoms with Crippen LogP contribution in [0.4, 0.5) is 0 Å². The molecule has 0 heterocycles. The number of hydrogen-bond donors (Lipinski definition) is 8. The number of carbonyl (C=O) groups is 9. The Morgan fingerprint density at radius 3 is 1.35 bits per heavy atom. The molecule has 0 fully saturated rings. The fraction of sp³-hybridized carbons (Fsp3) is 0.211. The summed E-state index contributed by atoms with van der Waals surface area (Å²) in [5, 5.41) is 67.7. The van der Waals surface area contributed by atoms with E-state index in [4.69, 9.17) is 50.4 Å². The number of aromatic carboxylic acids is 3. The average Bonchev–Trinajstić information content (AvgIpc) is 3.11. The van der Waals surface area contributed by atoms with Gasteiger partial charge in [0.05, 0.1) is 28.7 Å². The molecule has 3 aromatic carbocycles. The highest BCUT2D eigenvalue weighted by atomic mass is 16.4. The van der Waals surface area contributed by atoms with Gasteiger partial charge in [-0.25, -0.2) is 24.0 Å². The maximum absolute atomic E-state index is 10.6. The van der Waals surface area contributed by atoms with E-state index >= 15 is 0 Å². The van der Waals surface area contributed by atoms with Crippen molar-refractivity contribution in [3.63, 3.8) is 0 Å². The van der Waals surface area contributed by atoms with Crippen molar-refractivity contribution >= 4 is 59.5 Å². The minimum atomic E-state index is -1.76. The summed E-state index contributed by atoms with van der Waals surface area (Å²) in [7, 11) is 0. The van der Waals surface area contributed by atoms with Gasteiger partial charge in [0, 0.05) is 12.5 Å². The van der Waals surface area contributed by atoms with Crippen molar-refractivity contribution in [3.05, 3.63) is 118 Å². The average molecular weight is 801 g/mol. The van der Waals surface area contributed by atoms with Crippen LogP contribution in [0.1, 0.15) is 68.9 Å². The number of rotatable bonds is 12. The molecule has 0 aliphatic carbocycles. The molecule has 0 spiro atoms. The summed E-state index contributed by atoms with van der Waals surface area (Å²) >= 11 is 0. The van der Waals surface area contributed by atoms with Crippen LogP contribution in [-0.2, 0) is 38.4 Å². The van der Waals surface area contributed by atoms with Gasteiger partial charge in [-0.3, -0.25) is 19.2 Å². The highest BCUT2D eigenvalue weighted by Crippen LogP contribution is 2.10. The Kier molecular flexibility index (Phi) is 28.1. The smallest absolute Gasteiger partial charge is 0.373 e. The molecule has 0 saturated carbocycles. The van der Waals surface area contributed by atoms with Gasteiger partial charge in [-0.1, -0.05) is 53.6 Å². The molecule has 306 valence electrons. The largest absolute Gasteiger partial charge is 0.481 e. The summed E-state index contributed by atoms with van der Waals surface area (Å²) < 4.78 is 0. The standard InChI is InChI=1S/2C8H8O2.C7H10O6.C7H8O5.C7H6O2.CO2/c1-6-2-4-7(5-3-6)8(9)10;1-6-3-2-4-7(5-6)8(9)10;1-3(8)6(11)4(7(12)13)2-5(9)10;1-4(8)2-5(7(11)12)3-6(9)10;8-7(9)6-4-2-1-3-5-6;2-1-3/h2*2-5H,1H3,(H,9,10);4,6,11H,2H2,1H3,(H,9,10)(H,12,13);3H,2H2,1H3,(H,9,10)(H,11,12);1-5H,(H,8,9);/b;;;5-3-;;. The van der Waals surface area contributed by atoms with Crippen LogP contribution < -0.4 is 0 Å². The van der Waals surface area contributed by atoms with Crippen molar-refractivity contribution in [1.29, 1.82) is 0 Å². The summed E-state index contributed by atoms with van der Waals surface area (Å²) in [6.07, 6.45) is -2.12. The lowest BCUT2D eigenvalue weighted by Gasteiger charge is -2.13. The second kappa shape index (κ2) is 29.8. The van der Waals surface area contributed by atoms with Gasteiger partial charge in [0.1, 0.15) is 17.8 Å². The quantitative estimate of drug-likeness (QED) is 0.122. The van der Waals surface area contributed by atoms with Crippen molar-refractivity contribution in [2.45, 2.75) is 46.6 Å². The van der Waals surface area contributed by atoms with E-state index in [1.807, 2.05) is 19.9 Å². The zero-order chi connectivity index (χ0) is 44.8. The van der Waals surface area contributed by atoms with Crippen LogP contribution in [0.3, 0.4) is 0 Å². The van der Waals surface area contributed by atoms with E-state index in [9.17, 15) is 43.2 Å².